The molecular formula is C27H50O13S. The number of hydrogen-bond donors (Lipinski definition) is 1. The van der Waals surface area contributed by atoms with Crippen LogP contribution in [-0.4, -0.2) is 95.4 Å². The maximum Gasteiger partial charge on any atom is 0.397 e. The first kappa shape index (κ1) is 39.2. The minimum absolute atomic E-state index is 0.0531. The van der Waals surface area contributed by atoms with Gasteiger partial charge in [0.05, 0.1) is 26.4 Å². The zero-order chi connectivity index (χ0) is 30.9. The Morgan fingerprint density at radius 3 is 1.59 bits per heavy atom. The molecule has 13 nitrogen and oxygen atoms in total. The third-order valence-corrected chi connectivity index (χ3v) is 6.05. The summed E-state index contributed by atoms with van der Waals surface area (Å²) in [5.41, 5.74) is 0. The number of ether oxygens (including phenoxy) is 6. The topological polar surface area (TPSA) is 170 Å². The van der Waals surface area contributed by atoms with Crippen LogP contribution in [-0.2, 0) is 57.4 Å². The zero-order valence-electron chi connectivity index (χ0n) is 25.0. The van der Waals surface area contributed by atoms with E-state index < -0.39 is 53.2 Å². The van der Waals surface area contributed by atoms with Crippen molar-refractivity contribution in [2.24, 2.45) is 0 Å². The molecule has 0 aromatic carbocycles. The molecule has 14 heteroatoms. The zero-order valence-corrected chi connectivity index (χ0v) is 25.8. The van der Waals surface area contributed by atoms with Crippen LogP contribution in [0.15, 0.2) is 0 Å². The number of hydrogen-bond acceptors (Lipinski definition) is 12. The van der Waals surface area contributed by atoms with Crippen LogP contribution in [0.25, 0.3) is 0 Å². The molecular weight excluding hydrogens is 564 g/mol. The molecule has 3 atom stereocenters. The lowest BCUT2D eigenvalue weighted by molar-refractivity contribution is -0.162. The van der Waals surface area contributed by atoms with Crippen LogP contribution >= 0.6 is 0 Å². The Morgan fingerprint density at radius 1 is 0.610 bits per heavy atom. The third kappa shape index (κ3) is 28.1. The highest BCUT2D eigenvalue weighted by atomic mass is 32.3. The molecule has 0 aromatic heterocycles. The van der Waals surface area contributed by atoms with E-state index in [4.69, 9.17) is 33.0 Å². The Labute approximate surface area is 244 Å². The van der Waals surface area contributed by atoms with Gasteiger partial charge in [-0.05, 0) is 6.42 Å². The summed E-state index contributed by atoms with van der Waals surface area (Å²) in [7, 11) is -4.75. The first-order valence-corrected chi connectivity index (χ1v) is 15.7. The predicted octanol–water partition coefficient (Wildman–Crippen LogP) is 3.57. The number of carbonyl (C=O) groups excluding carboxylic acids is 3. The second-order valence-corrected chi connectivity index (χ2v) is 10.8. The smallest absolute Gasteiger partial charge is 0.397 e. The van der Waals surface area contributed by atoms with Crippen LogP contribution in [0.5, 0.6) is 0 Å². The highest BCUT2D eigenvalue weighted by Gasteiger charge is 2.21. The van der Waals surface area contributed by atoms with E-state index in [2.05, 4.69) is 11.1 Å². The van der Waals surface area contributed by atoms with Gasteiger partial charge in [-0.3, -0.25) is 18.9 Å². The Bertz CT molecular complexity index is 803. The summed E-state index contributed by atoms with van der Waals surface area (Å²) in [5, 5.41) is 0. The van der Waals surface area contributed by atoms with Crippen molar-refractivity contribution in [3.8, 4) is 0 Å². The number of rotatable bonds is 27. The number of unbranched alkanes of at least 4 members (excludes halogenated alkanes) is 9. The van der Waals surface area contributed by atoms with E-state index in [-0.39, 0.29) is 33.0 Å². The third-order valence-electron chi connectivity index (χ3n) is 5.61. The van der Waals surface area contributed by atoms with Crippen LogP contribution < -0.4 is 0 Å². The van der Waals surface area contributed by atoms with E-state index in [1.54, 1.807) is 0 Å². The lowest BCUT2D eigenvalue weighted by Crippen LogP contribution is -2.35. The first-order valence-electron chi connectivity index (χ1n) is 14.3. The maximum atomic E-state index is 11.6. The summed E-state index contributed by atoms with van der Waals surface area (Å²) in [6, 6.07) is 0. The molecule has 242 valence electrons. The Morgan fingerprint density at radius 2 is 1.10 bits per heavy atom. The van der Waals surface area contributed by atoms with Crippen molar-refractivity contribution in [3.63, 3.8) is 0 Å². The van der Waals surface area contributed by atoms with E-state index >= 15 is 0 Å². The van der Waals surface area contributed by atoms with E-state index in [1.165, 1.54) is 58.8 Å². The molecule has 0 aromatic rings. The van der Waals surface area contributed by atoms with Gasteiger partial charge in [-0.1, -0.05) is 64.7 Å². The molecule has 3 unspecified atom stereocenters. The van der Waals surface area contributed by atoms with Crippen molar-refractivity contribution >= 4 is 28.3 Å². The Balaban J connectivity index is 4.57. The molecule has 1 N–H and O–H groups in total. The van der Waals surface area contributed by atoms with Gasteiger partial charge in [0.15, 0.2) is 0 Å². The molecule has 0 saturated heterocycles. The number of esters is 3. The fourth-order valence-corrected chi connectivity index (χ4v) is 4.02. The quantitative estimate of drug-likeness (QED) is 0.0617. The van der Waals surface area contributed by atoms with Crippen molar-refractivity contribution in [1.82, 2.24) is 0 Å². The van der Waals surface area contributed by atoms with Crippen LogP contribution in [0.1, 0.15) is 91.9 Å². The maximum absolute atomic E-state index is 11.6. The van der Waals surface area contributed by atoms with Crippen molar-refractivity contribution in [2.75, 3.05) is 46.2 Å². The number of carbonyl (C=O) groups is 3. The summed E-state index contributed by atoms with van der Waals surface area (Å²) in [4.78, 5) is 34.1. The summed E-state index contributed by atoms with van der Waals surface area (Å²) in [6.07, 6.45) is 9.47. The van der Waals surface area contributed by atoms with E-state index in [0.717, 1.165) is 26.2 Å². The highest BCUT2D eigenvalue weighted by Crippen LogP contribution is 2.11. The molecule has 0 aliphatic heterocycles. The van der Waals surface area contributed by atoms with Crippen LogP contribution in [0, 0.1) is 0 Å². The Kier molecular flexibility index (Phi) is 23.6. The van der Waals surface area contributed by atoms with Gasteiger partial charge in [0.2, 0.25) is 0 Å². The molecule has 0 radical (unpaired) electrons. The SMILES string of the molecule is CCCCCCCCCCCCOCC(COC(C)=O)OCC(COCC(COS(=O)(=O)O)OC(C)=O)OC(C)=O. The van der Waals surface area contributed by atoms with Gasteiger partial charge in [0, 0.05) is 27.4 Å². The van der Waals surface area contributed by atoms with Crippen molar-refractivity contribution < 1.29 is 60.0 Å². The van der Waals surface area contributed by atoms with Gasteiger partial charge >= 0.3 is 28.3 Å². The molecule has 0 rings (SSSR count). The van der Waals surface area contributed by atoms with E-state index in [9.17, 15) is 22.8 Å². The minimum atomic E-state index is -4.75. The predicted molar refractivity (Wildman–Crippen MR) is 148 cm³/mol. The van der Waals surface area contributed by atoms with Gasteiger partial charge in [-0.2, -0.15) is 8.42 Å². The molecule has 0 aliphatic carbocycles. The lowest BCUT2D eigenvalue weighted by atomic mass is 10.1. The van der Waals surface area contributed by atoms with Gasteiger partial charge in [-0.15, -0.1) is 0 Å². The minimum Gasteiger partial charge on any atom is -0.463 e. The fourth-order valence-electron chi connectivity index (χ4n) is 3.70. The second-order valence-electron chi connectivity index (χ2n) is 9.73. The molecule has 0 fully saturated rings. The van der Waals surface area contributed by atoms with E-state index in [1.807, 2.05) is 0 Å². The lowest BCUT2D eigenvalue weighted by Gasteiger charge is -2.23. The van der Waals surface area contributed by atoms with Crippen molar-refractivity contribution in [1.29, 1.82) is 0 Å². The molecule has 41 heavy (non-hydrogen) atoms. The standard InChI is InChI=1S/C27H50O13S/c1-5-6-7-8-9-10-11-12-13-14-15-34-16-25(19-36-22(2)28)37-20-26(39-23(3)29)17-35-18-27(40-24(4)30)21-38-41(31,32)33/h25-27H,5-21H2,1-4H3,(H,31,32,33). The van der Waals surface area contributed by atoms with Crippen molar-refractivity contribution in [3.05, 3.63) is 0 Å². The average Bonchev–Trinajstić information content (AvgIpc) is 2.87. The van der Waals surface area contributed by atoms with Crippen molar-refractivity contribution in [2.45, 2.75) is 110 Å². The average molecular weight is 615 g/mol. The monoisotopic (exact) mass is 614 g/mol. The summed E-state index contributed by atoms with van der Waals surface area (Å²) >= 11 is 0. The van der Waals surface area contributed by atoms with Gasteiger partial charge in [0.25, 0.3) is 0 Å². The summed E-state index contributed by atoms with van der Waals surface area (Å²) in [5.74, 6) is -1.79. The second kappa shape index (κ2) is 24.7. The van der Waals surface area contributed by atoms with E-state index in [0.29, 0.717) is 6.61 Å². The Hall–Kier alpha value is -1.84. The van der Waals surface area contributed by atoms with Gasteiger partial charge < -0.3 is 28.4 Å². The molecule has 0 heterocycles. The molecule has 0 saturated carbocycles. The summed E-state index contributed by atoms with van der Waals surface area (Å²) in [6.45, 7) is 5.17. The van der Waals surface area contributed by atoms with Gasteiger partial charge in [-0.25, -0.2) is 4.18 Å². The van der Waals surface area contributed by atoms with Crippen LogP contribution in [0.2, 0.25) is 0 Å². The molecule has 0 spiro atoms. The highest BCUT2D eigenvalue weighted by molar-refractivity contribution is 7.80. The molecule has 0 aliphatic rings. The first-order chi connectivity index (χ1) is 19.4. The van der Waals surface area contributed by atoms with Crippen LogP contribution in [0.3, 0.4) is 0 Å². The summed E-state index contributed by atoms with van der Waals surface area (Å²) < 4.78 is 66.7. The molecule has 0 amide bonds. The fraction of sp³-hybridized carbons (Fsp3) is 0.889. The molecule has 0 bridgehead atoms. The normalized spacial score (nSPS) is 13.8. The van der Waals surface area contributed by atoms with Gasteiger partial charge in [0.1, 0.15) is 31.5 Å². The largest absolute Gasteiger partial charge is 0.463 e. The van der Waals surface area contributed by atoms with Crippen LogP contribution in [0.4, 0.5) is 0 Å².